The lowest BCUT2D eigenvalue weighted by molar-refractivity contribution is 0.0195. The minimum Gasteiger partial charge on any atom is -0.379 e. The molecule has 0 aromatic rings. The molecular formula is C13H26N4O3S. The van der Waals surface area contributed by atoms with Gasteiger partial charge >= 0.3 is 0 Å². The summed E-state index contributed by atoms with van der Waals surface area (Å²) in [6, 6.07) is 0.544. The fraction of sp³-hybridized carbons (Fsp3) is 0.923. The van der Waals surface area contributed by atoms with Crippen molar-refractivity contribution >= 4 is 15.8 Å². The topological polar surface area (TPSA) is 74.2 Å². The molecule has 8 heteroatoms. The fourth-order valence-electron chi connectivity index (χ4n) is 2.86. The standard InChI is InChI=1S/C13H26N4O3S/c1-14-13(15-4-10-21(2,18)19)17-5-3-12(11-17)16-6-8-20-9-7-16/h12H,3-11H2,1-2H3,(H,14,15). The molecule has 0 amide bonds. The second-order valence-corrected chi connectivity index (χ2v) is 7.90. The molecule has 0 aromatic heterocycles. The van der Waals surface area contributed by atoms with Gasteiger partial charge in [0.15, 0.2) is 5.96 Å². The van der Waals surface area contributed by atoms with Gasteiger partial charge in [0.2, 0.25) is 0 Å². The Labute approximate surface area is 127 Å². The van der Waals surface area contributed by atoms with Crippen LogP contribution >= 0.6 is 0 Å². The van der Waals surface area contributed by atoms with E-state index in [2.05, 4.69) is 20.1 Å². The molecule has 0 aromatic carbocycles. The van der Waals surface area contributed by atoms with Crippen molar-refractivity contribution in [3.63, 3.8) is 0 Å². The molecule has 0 radical (unpaired) electrons. The van der Waals surface area contributed by atoms with Gasteiger partial charge in [-0.2, -0.15) is 0 Å². The van der Waals surface area contributed by atoms with E-state index in [1.54, 1.807) is 7.05 Å². The van der Waals surface area contributed by atoms with Crippen LogP contribution in [0.3, 0.4) is 0 Å². The van der Waals surface area contributed by atoms with Crippen LogP contribution in [0.2, 0.25) is 0 Å². The van der Waals surface area contributed by atoms with Gasteiger partial charge in [0.05, 0.1) is 19.0 Å². The van der Waals surface area contributed by atoms with Crippen molar-refractivity contribution in [2.75, 3.05) is 65.0 Å². The lowest BCUT2D eigenvalue weighted by Gasteiger charge is -2.32. The van der Waals surface area contributed by atoms with Crippen molar-refractivity contribution < 1.29 is 13.2 Å². The number of nitrogens with zero attached hydrogens (tertiary/aromatic N) is 3. The monoisotopic (exact) mass is 318 g/mol. The molecule has 0 spiro atoms. The van der Waals surface area contributed by atoms with Gasteiger partial charge in [0, 0.05) is 52.1 Å². The van der Waals surface area contributed by atoms with Gasteiger partial charge in [-0.1, -0.05) is 0 Å². The Kier molecular flexibility index (Phi) is 5.83. The van der Waals surface area contributed by atoms with Crippen molar-refractivity contribution in [3.8, 4) is 0 Å². The van der Waals surface area contributed by atoms with Gasteiger partial charge in [-0.25, -0.2) is 8.42 Å². The van der Waals surface area contributed by atoms with E-state index >= 15 is 0 Å². The van der Waals surface area contributed by atoms with Crippen LogP contribution in [0.15, 0.2) is 4.99 Å². The molecule has 2 saturated heterocycles. The van der Waals surface area contributed by atoms with E-state index in [-0.39, 0.29) is 5.75 Å². The SMILES string of the molecule is CN=C(NCCS(C)(=O)=O)N1CCC(N2CCOCC2)C1. The molecule has 1 N–H and O–H groups in total. The van der Waals surface area contributed by atoms with E-state index in [0.29, 0.717) is 12.6 Å². The lowest BCUT2D eigenvalue weighted by Crippen LogP contribution is -2.47. The Morgan fingerprint density at radius 1 is 1.33 bits per heavy atom. The summed E-state index contributed by atoms with van der Waals surface area (Å²) in [5.41, 5.74) is 0. The van der Waals surface area contributed by atoms with Crippen LogP contribution in [0.1, 0.15) is 6.42 Å². The number of guanidine groups is 1. The quantitative estimate of drug-likeness (QED) is 0.530. The van der Waals surface area contributed by atoms with E-state index < -0.39 is 9.84 Å². The number of aliphatic imine (C=N–C) groups is 1. The molecule has 0 saturated carbocycles. The Bertz CT molecular complexity index is 460. The van der Waals surface area contributed by atoms with Crippen LogP contribution in [0.5, 0.6) is 0 Å². The van der Waals surface area contributed by atoms with Gasteiger partial charge in [-0.15, -0.1) is 0 Å². The second kappa shape index (κ2) is 7.42. The molecule has 2 fully saturated rings. The number of nitrogens with one attached hydrogen (secondary N) is 1. The maximum Gasteiger partial charge on any atom is 0.193 e. The highest BCUT2D eigenvalue weighted by atomic mass is 32.2. The number of hydrogen-bond acceptors (Lipinski definition) is 5. The maximum atomic E-state index is 11.2. The zero-order chi connectivity index (χ0) is 15.3. The van der Waals surface area contributed by atoms with Gasteiger partial charge in [-0.3, -0.25) is 9.89 Å². The molecule has 21 heavy (non-hydrogen) atoms. The van der Waals surface area contributed by atoms with Crippen LogP contribution in [0.25, 0.3) is 0 Å². The van der Waals surface area contributed by atoms with Gasteiger partial charge in [0.25, 0.3) is 0 Å². The summed E-state index contributed by atoms with van der Waals surface area (Å²) in [5.74, 6) is 0.932. The van der Waals surface area contributed by atoms with Crippen LogP contribution in [-0.4, -0.2) is 95.2 Å². The summed E-state index contributed by atoms with van der Waals surface area (Å²) in [5, 5.41) is 3.14. The third-order valence-corrected chi connectivity index (χ3v) is 4.94. The predicted octanol–water partition coefficient (Wildman–Crippen LogP) is -0.987. The molecule has 0 aliphatic carbocycles. The van der Waals surface area contributed by atoms with Gasteiger partial charge in [0.1, 0.15) is 9.84 Å². The van der Waals surface area contributed by atoms with Crippen LogP contribution in [-0.2, 0) is 14.6 Å². The first-order chi connectivity index (χ1) is 9.99. The fourth-order valence-corrected chi connectivity index (χ4v) is 3.33. The van der Waals surface area contributed by atoms with Crippen LogP contribution < -0.4 is 5.32 Å². The lowest BCUT2D eigenvalue weighted by atomic mass is 10.2. The summed E-state index contributed by atoms with van der Waals surface area (Å²) in [6.07, 6.45) is 2.37. The van der Waals surface area contributed by atoms with Crippen LogP contribution in [0, 0.1) is 0 Å². The number of ether oxygens (including phenoxy) is 1. The summed E-state index contributed by atoms with van der Waals surface area (Å²) >= 11 is 0. The molecule has 122 valence electrons. The summed E-state index contributed by atoms with van der Waals surface area (Å²) < 4.78 is 27.7. The van der Waals surface area contributed by atoms with Gasteiger partial charge < -0.3 is 15.0 Å². The smallest absolute Gasteiger partial charge is 0.193 e. The highest BCUT2D eigenvalue weighted by Crippen LogP contribution is 2.16. The zero-order valence-corrected chi connectivity index (χ0v) is 13.7. The molecule has 0 bridgehead atoms. The highest BCUT2D eigenvalue weighted by molar-refractivity contribution is 7.90. The Morgan fingerprint density at radius 2 is 2.05 bits per heavy atom. The number of rotatable bonds is 4. The molecule has 1 unspecified atom stereocenters. The second-order valence-electron chi connectivity index (χ2n) is 5.64. The van der Waals surface area contributed by atoms with E-state index in [0.717, 1.165) is 51.8 Å². The van der Waals surface area contributed by atoms with Gasteiger partial charge in [-0.05, 0) is 6.42 Å². The normalized spacial score (nSPS) is 25.3. The first kappa shape index (κ1) is 16.5. The summed E-state index contributed by atoms with van der Waals surface area (Å²) in [4.78, 5) is 8.95. The maximum absolute atomic E-state index is 11.2. The van der Waals surface area contributed by atoms with Crippen LogP contribution in [0.4, 0.5) is 0 Å². The highest BCUT2D eigenvalue weighted by Gasteiger charge is 2.30. The largest absolute Gasteiger partial charge is 0.379 e. The van der Waals surface area contributed by atoms with Crippen molar-refractivity contribution in [2.45, 2.75) is 12.5 Å². The van der Waals surface area contributed by atoms with Crippen molar-refractivity contribution in [1.29, 1.82) is 0 Å². The number of sulfone groups is 1. The summed E-state index contributed by atoms with van der Waals surface area (Å²) in [7, 11) is -1.20. The average molecular weight is 318 g/mol. The molecule has 2 aliphatic rings. The number of hydrogen-bond donors (Lipinski definition) is 1. The first-order valence-corrected chi connectivity index (χ1v) is 9.51. The van der Waals surface area contributed by atoms with E-state index in [4.69, 9.17) is 4.74 Å². The zero-order valence-electron chi connectivity index (χ0n) is 12.9. The van der Waals surface area contributed by atoms with Crippen molar-refractivity contribution in [1.82, 2.24) is 15.1 Å². The number of likely N-dealkylation sites (tertiary alicyclic amines) is 1. The minimum atomic E-state index is -2.94. The predicted molar refractivity (Wildman–Crippen MR) is 83.4 cm³/mol. The molecule has 2 rings (SSSR count). The number of morpholine rings is 1. The Morgan fingerprint density at radius 3 is 2.67 bits per heavy atom. The Hall–Kier alpha value is -0.860. The van der Waals surface area contributed by atoms with E-state index in [9.17, 15) is 8.42 Å². The Balaban J connectivity index is 1.80. The molecule has 1 atom stereocenters. The molecule has 2 aliphatic heterocycles. The van der Waals surface area contributed by atoms with Crippen molar-refractivity contribution in [2.24, 2.45) is 4.99 Å². The third kappa shape index (κ3) is 5.12. The molecule has 2 heterocycles. The third-order valence-electron chi connectivity index (χ3n) is 3.99. The molecule has 7 nitrogen and oxygen atoms in total. The minimum absolute atomic E-state index is 0.132. The molecular weight excluding hydrogens is 292 g/mol. The average Bonchev–Trinajstić information content (AvgIpc) is 2.93. The summed E-state index contributed by atoms with van der Waals surface area (Å²) in [6.45, 7) is 5.94. The van der Waals surface area contributed by atoms with E-state index in [1.165, 1.54) is 6.26 Å². The van der Waals surface area contributed by atoms with Crippen molar-refractivity contribution in [3.05, 3.63) is 0 Å². The van der Waals surface area contributed by atoms with E-state index in [1.807, 2.05) is 0 Å². The first-order valence-electron chi connectivity index (χ1n) is 7.45.